The zero-order valence-corrected chi connectivity index (χ0v) is 9.21. The molecule has 0 saturated heterocycles. The van der Waals surface area contributed by atoms with Crippen LogP contribution in [0.25, 0.3) is 0 Å². The van der Waals surface area contributed by atoms with E-state index in [0.29, 0.717) is 6.04 Å². The van der Waals surface area contributed by atoms with Crippen molar-refractivity contribution in [2.75, 3.05) is 13.7 Å². The Morgan fingerprint density at radius 3 is 2.71 bits per heavy atom. The largest absolute Gasteiger partial charge is 0.493 e. The molecule has 1 aromatic carbocycles. The zero-order chi connectivity index (χ0) is 10.4. The van der Waals surface area contributed by atoms with Gasteiger partial charge in [0.05, 0.1) is 6.61 Å². The summed E-state index contributed by atoms with van der Waals surface area (Å²) in [6.45, 7) is 5.03. The second-order valence-electron chi connectivity index (χ2n) is 3.40. The Balaban J connectivity index is 2.79. The van der Waals surface area contributed by atoms with Gasteiger partial charge < -0.3 is 10.1 Å². The van der Waals surface area contributed by atoms with E-state index in [9.17, 15) is 0 Å². The Hall–Kier alpha value is -1.02. The van der Waals surface area contributed by atoms with Crippen molar-refractivity contribution in [2.45, 2.75) is 26.3 Å². The van der Waals surface area contributed by atoms with E-state index in [1.165, 1.54) is 5.56 Å². The maximum atomic E-state index is 5.67. The number of nitrogens with one attached hydrogen (secondary N) is 1. The fourth-order valence-corrected chi connectivity index (χ4v) is 1.34. The van der Waals surface area contributed by atoms with Crippen LogP contribution < -0.4 is 10.1 Å². The maximum absolute atomic E-state index is 5.67. The molecule has 1 unspecified atom stereocenters. The average molecular weight is 193 g/mol. The van der Waals surface area contributed by atoms with Crippen molar-refractivity contribution in [3.05, 3.63) is 29.8 Å². The van der Waals surface area contributed by atoms with Crippen LogP contribution in [0.5, 0.6) is 5.75 Å². The Bertz CT molecular complexity index is 273. The molecule has 1 atom stereocenters. The lowest BCUT2D eigenvalue weighted by molar-refractivity contribution is 0.311. The zero-order valence-electron chi connectivity index (χ0n) is 9.21. The predicted molar refractivity (Wildman–Crippen MR) is 59.7 cm³/mol. The molecule has 1 aromatic rings. The summed E-state index contributed by atoms with van der Waals surface area (Å²) in [6, 6.07) is 8.52. The lowest BCUT2D eigenvalue weighted by Crippen LogP contribution is -2.13. The lowest BCUT2D eigenvalue weighted by atomic mass is 10.1. The minimum absolute atomic E-state index is 0.336. The van der Waals surface area contributed by atoms with Crippen molar-refractivity contribution < 1.29 is 4.74 Å². The van der Waals surface area contributed by atoms with Gasteiger partial charge in [0, 0.05) is 11.6 Å². The van der Waals surface area contributed by atoms with Crippen LogP contribution in [0, 0.1) is 0 Å². The third kappa shape index (κ3) is 2.74. The van der Waals surface area contributed by atoms with Gasteiger partial charge in [-0.05, 0) is 26.5 Å². The van der Waals surface area contributed by atoms with E-state index in [2.05, 4.69) is 25.2 Å². The number of ether oxygens (including phenoxy) is 1. The summed E-state index contributed by atoms with van der Waals surface area (Å²) >= 11 is 0. The van der Waals surface area contributed by atoms with E-state index < -0.39 is 0 Å². The molecule has 78 valence electrons. The van der Waals surface area contributed by atoms with Crippen molar-refractivity contribution in [1.82, 2.24) is 5.32 Å². The average Bonchev–Trinajstić information content (AvgIpc) is 2.25. The molecule has 0 aliphatic heterocycles. The fraction of sp³-hybridized carbons (Fsp3) is 0.500. The minimum atomic E-state index is 0.336. The van der Waals surface area contributed by atoms with Gasteiger partial charge in [0.1, 0.15) is 5.75 Å². The summed E-state index contributed by atoms with van der Waals surface area (Å²) in [5.41, 5.74) is 1.23. The van der Waals surface area contributed by atoms with Crippen LogP contribution in [0.1, 0.15) is 31.9 Å². The molecular formula is C12H19NO. The highest BCUT2D eigenvalue weighted by molar-refractivity contribution is 5.35. The Kier molecular flexibility index (Phi) is 4.47. The summed E-state index contributed by atoms with van der Waals surface area (Å²) in [7, 11) is 1.96. The molecule has 0 radical (unpaired) electrons. The SMILES string of the molecule is CCCOc1ccccc1C(C)NC. The number of benzene rings is 1. The Morgan fingerprint density at radius 1 is 1.36 bits per heavy atom. The van der Waals surface area contributed by atoms with E-state index in [1.54, 1.807) is 0 Å². The summed E-state index contributed by atoms with van der Waals surface area (Å²) in [5, 5.41) is 3.22. The quantitative estimate of drug-likeness (QED) is 0.776. The molecule has 0 aromatic heterocycles. The summed E-state index contributed by atoms with van der Waals surface area (Å²) in [4.78, 5) is 0. The molecule has 0 aliphatic rings. The number of hydrogen-bond acceptors (Lipinski definition) is 2. The van der Waals surface area contributed by atoms with E-state index >= 15 is 0 Å². The van der Waals surface area contributed by atoms with Crippen LogP contribution >= 0.6 is 0 Å². The molecule has 0 bridgehead atoms. The Morgan fingerprint density at radius 2 is 2.07 bits per heavy atom. The number of hydrogen-bond donors (Lipinski definition) is 1. The van der Waals surface area contributed by atoms with Crippen LogP contribution in [-0.2, 0) is 0 Å². The highest BCUT2D eigenvalue weighted by Crippen LogP contribution is 2.24. The molecule has 0 spiro atoms. The van der Waals surface area contributed by atoms with Gasteiger partial charge >= 0.3 is 0 Å². The number of rotatable bonds is 5. The maximum Gasteiger partial charge on any atom is 0.124 e. The second-order valence-corrected chi connectivity index (χ2v) is 3.40. The third-order valence-electron chi connectivity index (χ3n) is 2.28. The summed E-state index contributed by atoms with van der Waals surface area (Å²) in [5.74, 6) is 0.996. The van der Waals surface area contributed by atoms with Gasteiger partial charge in [-0.2, -0.15) is 0 Å². The molecule has 2 nitrogen and oxygen atoms in total. The van der Waals surface area contributed by atoms with Gasteiger partial charge in [-0.1, -0.05) is 25.1 Å². The molecule has 0 heterocycles. The Labute approximate surface area is 86.3 Å². The second kappa shape index (κ2) is 5.66. The van der Waals surface area contributed by atoms with Gasteiger partial charge in [-0.15, -0.1) is 0 Å². The smallest absolute Gasteiger partial charge is 0.124 e. The third-order valence-corrected chi connectivity index (χ3v) is 2.28. The van der Waals surface area contributed by atoms with Crippen molar-refractivity contribution in [3.8, 4) is 5.75 Å². The van der Waals surface area contributed by atoms with E-state index in [-0.39, 0.29) is 0 Å². The fourth-order valence-electron chi connectivity index (χ4n) is 1.34. The predicted octanol–water partition coefficient (Wildman–Crippen LogP) is 2.76. The first-order chi connectivity index (χ1) is 6.79. The van der Waals surface area contributed by atoms with Crippen molar-refractivity contribution in [1.29, 1.82) is 0 Å². The van der Waals surface area contributed by atoms with Gasteiger partial charge in [-0.3, -0.25) is 0 Å². The standard InChI is InChI=1S/C12H19NO/c1-4-9-14-12-8-6-5-7-11(12)10(2)13-3/h5-8,10,13H,4,9H2,1-3H3. The van der Waals surface area contributed by atoms with Crippen LogP contribution in [0.15, 0.2) is 24.3 Å². The highest BCUT2D eigenvalue weighted by atomic mass is 16.5. The first-order valence-electron chi connectivity index (χ1n) is 5.18. The summed E-state index contributed by atoms with van der Waals surface area (Å²) < 4.78 is 5.67. The topological polar surface area (TPSA) is 21.3 Å². The minimum Gasteiger partial charge on any atom is -0.493 e. The molecule has 14 heavy (non-hydrogen) atoms. The van der Waals surface area contributed by atoms with Crippen molar-refractivity contribution in [2.24, 2.45) is 0 Å². The van der Waals surface area contributed by atoms with Crippen molar-refractivity contribution in [3.63, 3.8) is 0 Å². The molecule has 0 fully saturated rings. The van der Waals surface area contributed by atoms with Crippen LogP contribution in [-0.4, -0.2) is 13.7 Å². The first-order valence-corrected chi connectivity index (χ1v) is 5.18. The molecular weight excluding hydrogens is 174 g/mol. The molecule has 0 aliphatic carbocycles. The molecule has 0 saturated carbocycles. The van der Waals surface area contributed by atoms with Gasteiger partial charge in [0.25, 0.3) is 0 Å². The van der Waals surface area contributed by atoms with Gasteiger partial charge in [-0.25, -0.2) is 0 Å². The van der Waals surface area contributed by atoms with Crippen LogP contribution in [0.2, 0.25) is 0 Å². The van der Waals surface area contributed by atoms with Crippen LogP contribution in [0.3, 0.4) is 0 Å². The first kappa shape index (κ1) is 11.1. The molecule has 1 N–H and O–H groups in total. The highest BCUT2D eigenvalue weighted by Gasteiger charge is 2.08. The van der Waals surface area contributed by atoms with Crippen molar-refractivity contribution >= 4 is 0 Å². The molecule has 0 amide bonds. The van der Waals surface area contributed by atoms with E-state index in [0.717, 1.165) is 18.8 Å². The van der Waals surface area contributed by atoms with E-state index in [1.807, 2.05) is 25.2 Å². The van der Waals surface area contributed by atoms with Crippen LogP contribution in [0.4, 0.5) is 0 Å². The molecule has 2 heteroatoms. The van der Waals surface area contributed by atoms with Gasteiger partial charge in [0.2, 0.25) is 0 Å². The normalized spacial score (nSPS) is 12.5. The summed E-state index contributed by atoms with van der Waals surface area (Å²) in [6.07, 6.45) is 1.04. The molecule has 1 rings (SSSR count). The lowest BCUT2D eigenvalue weighted by Gasteiger charge is -2.15. The van der Waals surface area contributed by atoms with Gasteiger partial charge in [0.15, 0.2) is 0 Å². The number of para-hydroxylation sites is 1. The monoisotopic (exact) mass is 193 g/mol. The van der Waals surface area contributed by atoms with E-state index in [4.69, 9.17) is 4.74 Å².